The molecule has 0 atom stereocenters. The highest BCUT2D eigenvalue weighted by Crippen LogP contribution is 2.14. The summed E-state index contributed by atoms with van der Waals surface area (Å²) < 4.78 is 5.41. The third kappa shape index (κ3) is 5.04. The molecular formula is C12H21ClN4O. The number of nitrogens with one attached hydrogen (secondary N) is 1. The highest BCUT2D eigenvalue weighted by molar-refractivity contribution is 6.28. The molecule has 1 heterocycles. The summed E-state index contributed by atoms with van der Waals surface area (Å²) in [6.07, 6.45) is 2.25. The van der Waals surface area contributed by atoms with Crippen LogP contribution in [0, 0.1) is 5.92 Å². The number of aromatic nitrogens is 3. The van der Waals surface area contributed by atoms with Crippen LogP contribution in [0.3, 0.4) is 0 Å². The van der Waals surface area contributed by atoms with Crippen molar-refractivity contribution in [1.29, 1.82) is 0 Å². The lowest BCUT2D eigenvalue weighted by Gasteiger charge is -2.14. The van der Waals surface area contributed by atoms with Crippen molar-refractivity contribution in [3.8, 4) is 6.01 Å². The SMILES string of the molecule is CCC(CC)CNc1nc(Cl)nc(OC(C)C)n1. The van der Waals surface area contributed by atoms with Crippen molar-refractivity contribution < 1.29 is 4.74 Å². The second kappa shape index (κ2) is 7.36. The first kappa shape index (κ1) is 15.0. The zero-order valence-electron chi connectivity index (χ0n) is 11.4. The second-order valence-electron chi connectivity index (χ2n) is 4.44. The molecule has 1 N–H and O–H groups in total. The lowest BCUT2D eigenvalue weighted by molar-refractivity contribution is 0.222. The molecule has 0 aliphatic rings. The molecule has 0 aliphatic heterocycles. The Morgan fingerprint density at radius 3 is 2.39 bits per heavy atom. The molecule has 1 aromatic rings. The van der Waals surface area contributed by atoms with E-state index < -0.39 is 0 Å². The number of rotatable bonds is 7. The van der Waals surface area contributed by atoms with Crippen molar-refractivity contribution in [2.75, 3.05) is 11.9 Å². The van der Waals surface area contributed by atoms with Crippen LogP contribution in [-0.4, -0.2) is 27.6 Å². The van der Waals surface area contributed by atoms with E-state index in [1.807, 2.05) is 13.8 Å². The van der Waals surface area contributed by atoms with Crippen LogP contribution in [-0.2, 0) is 0 Å². The highest BCUT2D eigenvalue weighted by atomic mass is 35.5. The molecule has 0 bridgehead atoms. The van der Waals surface area contributed by atoms with Crippen LogP contribution in [0.4, 0.5) is 5.95 Å². The third-order valence-electron chi connectivity index (χ3n) is 2.63. The fourth-order valence-corrected chi connectivity index (χ4v) is 1.64. The first-order chi connectivity index (χ1) is 8.55. The monoisotopic (exact) mass is 272 g/mol. The van der Waals surface area contributed by atoms with Gasteiger partial charge in [0.2, 0.25) is 11.2 Å². The second-order valence-corrected chi connectivity index (χ2v) is 4.78. The maximum absolute atomic E-state index is 5.83. The molecule has 0 amide bonds. The lowest BCUT2D eigenvalue weighted by Crippen LogP contribution is -2.16. The number of hydrogen-bond donors (Lipinski definition) is 1. The highest BCUT2D eigenvalue weighted by Gasteiger charge is 2.09. The zero-order valence-corrected chi connectivity index (χ0v) is 12.2. The molecule has 0 spiro atoms. The summed E-state index contributed by atoms with van der Waals surface area (Å²) in [5.74, 6) is 1.08. The third-order valence-corrected chi connectivity index (χ3v) is 2.80. The Balaban J connectivity index is 2.67. The average molecular weight is 273 g/mol. The van der Waals surface area contributed by atoms with E-state index in [0.29, 0.717) is 11.9 Å². The minimum absolute atomic E-state index is 0.00958. The van der Waals surface area contributed by atoms with Gasteiger partial charge in [-0.2, -0.15) is 15.0 Å². The Bertz CT molecular complexity index is 369. The predicted octanol–water partition coefficient (Wildman–Crippen LogP) is 3.16. The standard InChI is InChI=1S/C12H21ClN4O/c1-5-9(6-2)7-14-11-15-10(13)16-12(17-11)18-8(3)4/h8-9H,5-7H2,1-4H3,(H,14,15,16,17). The van der Waals surface area contributed by atoms with Gasteiger partial charge in [0.25, 0.3) is 0 Å². The molecule has 0 saturated carbocycles. The molecule has 6 heteroatoms. The first-order valence-corrected chi connectivity index (χ1v) is 6.75. The average Bonchev–Trinajstić information content (AvgIpc) is 2.28. The molecule has 0 aliphatic carbocycles. The Kier molecular flexibility index (Phi) is 6.12. The molecule has 0 unspecified atom stereocenters. The van der Waals surface area contributed by atoms with E-state index in [0.717, 1.165) is 19.4 Å². The van der Waals surface area contributed by atoms with Gasteiger partial charge in [0.1, 0.15) is 0 Å². The minimum atomic E-state index is 0.00958. The van der Waals surface area contributed by atoms with Gasteiger partial charge in [-0.1, -0.05) is 26.7 Å². The molecule has 1 aromatic heterocycles. The van der Waals surface area contributed by atoms with Crippen LogP contribution in [0.1, 0.15) is 40.5 Å². The van der Waals surface area contributed by atoms with Gasteiger partial charge in [-0.25, -0.2) is 0 Å². The van der Waals surface area contributed by atoms with Gasteiger partial charge in [-0.05, 0) is 31.4 Å². The van der Waals surface area contributed by atoms with Gasteiger partial charge in [0.05, 0.1) is 6.10 Å². The maximum Gasteiger partial charge on any atom is 0.322 e. The summed E-state index contributed by atoms with van der Waals surface area (Å²) in [7, 11) is 0. The summed E-state index contributed by atoms with van der Waals surface area (Å²) in [6, 6.07) is 0.261. The van der Waals surface area contributed by atoms with Crippen molar-refractivity contribution in [3.63, 3.8) is 0 Å². The Morgan fingerprint density at radius 1 is 1.17 bits per heavy atom. The van der Waals surface area contributed by atoms with Gasteiger partial charge in [0.15, 0.2) is 0 Å². The summed E-state index contributed by atoms with van der Waals surface area (Å²) in [4.78, 5) is 12.1. The molecule has 0 fully saturated rings. The van der Waals surface area contributed by atoms with Crippen molar-refractivity contribution in [2.24, 2.45) is 5.92 Å². The van der Waals surface area contributed by atoms with E-state index in [9.17, 15) is 0 Å². The van der Waals surface area contributed by atoms with E-state index in [4.69, 9.17) is 16.3 Å². The summed E-state index contributed by atoms with van der Waals surface area (Å²) in [5, 5.41) is 3.32. The van der Waals surface area contributed by atoms with Gasteiger partial charge in [0, 0.05) is 6.54 Å². The summed E-state index contributed by atoms with van der Waals surface area (Å²) >= 11 is 5.83. The smallest absolute Gasteiger partial charge is 0.322 e. The van der Waals surface area contributed by atoms with Gasteiger partial charge in [-0.3, -0.25) is 0 Å². The van der Waals surface area contributed by atoms with Crippen LogP contribution in [0.15, 0.2) is 0 Å². The van der Waals surface area contributed by atoms with Crippen LogP contribution in [0.25, 0.3) is 0 Å². The number of ether oxygens (including phenoxy) is 1. The number of anilines is 1. The van der Waals surface area contributed by atoms with E-state index in [1.165, 1.54) is 0 Å². The number of nitrogens with zero attached hydrogens (tertiary/aromatic N) is 3. The molecule has 0 saturated heterocycles. The summed E-state index contributed by atoms with van der Waals surface area (Å²) in [5.41, 5.74) is 0. The van der Waals surface area contributed by atoms with Crippen molar-refractivity contribution in [3.05, 3.63) is 5.28 Å². The van der Waals surface area contributed by atoms with E-state index in [2.05, 4.69) is 34.1 Å². The topological polar surface area (TPSA) is 59.9 Å². The maximum atomic E-state index is 5.83. The number of hydrogen-bond acceptors (Lipinski definition) is 5. The Morgan fingerprint density at radius 2 is 1.83 bits per heavy atom. The van der Waals surface area contributed by atoms with Crippen molar-refractivity contribution in [2.45, 2.75) is 46.6 Å². The molecule has 0 aromatic carbocycles. The van der Waals surface area contributed by atoms with Crippen LogP contribution in [0.5, 0.6) is 6.01 Å². The van der Waals surface area contributed by atoms with Crippen LogP contribution >= 0.6 is 11.6 Å². The fourth-order valence-electron chi connectivity index (χ4n) is 1.49. The first-order valence-electron chi connectivity index (χ1n) is 6.37. The molecule has 18 heavy (non-hydrogen) atoms. The van der Waals surface area contributed by atoms with E-state index >= 15 is 0 Å². The van der Waals surface area contributed by atoms with Crippen LogP contribution in [0.2, 0.25) is 5.28 Å². The molecule has 5 nitrogen and oxygen atoms in total. The van der Waals surface area contributed by atoms with Gasteiger partial charge in [-0.15, -0.1) is 0 Å². The molecule has 1 rings (SSSR count). The van der Waals surface area contributed by atoms with Crippen LogP contribution < -0.4 is 10.1 Å². The molecule has 102 valence electrons. The Hall–Kier alpha value is -1.10. The number of halogens is 1. The van der Waals surface area contributed by atoms with Crippen molar-refractivity contribution >= 4 is 17.5 Å². The van der Waals surface area contributed by atoms with Gasteiger partial charge < -0.3 is 10.1 Å². The van der Waals surface area contributed by atoms with Gasteiger partial charge >= 0.3 is 6.01 Å². The lowest BCUT2D eigenvalue weighted by atomic mass is 10.0. The predicted molar refractivity (Wildman–Crippen MR) is 73.2 cm³/mol. The van der Waals surface area contributed by atoms with E-state index in [1.54, 1.807) is 0 Å². The normalized spacial score (nSPS) is 11.1. The molecular weight excluding hydrogens is 252 g/mol. The van der Waals surface area contributed by atoms with Crippen molar-refractivity contribution in [1.82, 2.24) is 15.0 Å². The summed E-state index contributed by atoms with van der Waals surface area (Å²) in [6.45, 7) is 8.99. The fraction of sp³-hybridized carbons (Fsp3) is 0.750. The molecule has 0 radical (unpaired) electrons. The zero-order chi connectivity index (χ0) is 13.5. The largest absolute Gasteiger partial charge is 0.461 e. The van der Waals surface area contributed by atoms with E-state index in [-0.39, 0.29) is 17.4 Å². The minimum Gasteiger partial charge on any atom is -0.461 e. The quantitative estimate of drug-likeness (QED) is 0.826. The Labute approximate surface area is 113 Å².